The summed E-state index contributed by atoms with van der Waals surface area (Å²) in [5.41, 5.74) is 0.978. The molecular weight excluding hydrogens is 392 g/mol. The third-order valence-electron chi connectivity index (χ3n) is 5.64. The average Bonchev–Trinajstić information content (AvgIpc) is 2.74. The maximum absolute atomic E-state index is 13.3. The maximum Gasteiger partial charge on any atom is 0.334 e. The molecule has 162 valence electrons. The third kappa shape index (κ3) is 5.48. The normalized spacial score (nSPS) is 19.3. The number of carbonyl (C=O) groups is 1. The van der Waals surface area contributed by atoms with Crippen molar-refractivity contribution in [1.29, 1.82) is 0 Å². The highest BCUT2D eigenvalue weighted by atomic mass is 32.2. The monoisotopic (exact) mass is 424 g/mol. The minimum Gasteiger partial charge on any atom is -0.379 e. The number of nitrogens with zero attached hydrogens (tertiary/aromatic N) is 4. The van der Waals surface area contributed by atoms with Crippen molar-refractivity contribution in [2.45, 2.75) is 18.7 Å². The van der Waals surface area contributed by atoms with Gasteiger partial charge >= 0.3 is 6.03 Å². The standard InChI is InChI=1S/C20H32N4O4S/c1-3-21-8-11-23(12-9-21)20(25)24(13-10-22-14-16-28-17-15-22)29(26,27)19-6-4-18(2)5-7-19/h4-7H,3,8-17H2,1-2H3. The second kappa shape index (κ2) is 9.88. The van der Waals surface area contributed by atoms with Crippen LogP contribution in [-0.2, 0) is 14.8 Å². The molecule has 0 unspecified atom stereocenters. The molecule has 0 bridgehead atoms. The Morgan fingerprint density at radius 3 is 2.21 bits per heavy atom. The van der Waals surface area contributed by atoms with Gasteiger partial charge in [-0.1, -0.05) is 24.6 Å². The molecule has 0 spiro atoms. The van der Waals surface area contributed by atoms with Gasteiger partial charge in [0.1, 0.15) is 0 Å². The Kier molecular flexibility index (Phi) is 7.50. The van der Waals surface area contributed by atoms with E-state index in [9.17, 15) is 13.2 Å². The van der Waals surface area contributed by atoms with Crippen LogP contribution < -0.4 is 0 Å². The van der Waals surface area contributed by atoms with Gasteiger partial charge in [-0.3, -0.25) is 4.90 Å². The number of piperazine rings is 1. The predicted molar refractivity (Wildman–Crippen MR) is 111 cm³/mol. The third-order valence-corrected chi connectivity index (χ3v) is 7.42. The first-order chi connectivity index (χ1) is 13.9. The summed E-state index contributed by atoms with van der Waals surface area (Å²) in [6.07, 6.45) is 0. The Balaban J connectivity index is 1.78. The van der Waals surface area contributed by atoms with Gasteiger partial charge in [0.25, 0.3) is 10.0 Å². The lowest BCUT2D eigenvalue weighted by atomic mass is 10.2. The molecular formula is C20H32N4O4S. The van der Waals surface area contributed by atoms with Crippen LogP contribution in [0, 0.1) is 6.92 Å². The molecule has 2 aliphatic heterocycles. The van der Waals surface area contributed by atoms with E-state index in [1.165, 1.54) is 0 Å². The van der Waals surface area contributed by atoms with E-state index >= 15 is 0 Å². The van der Waals surface area contributed by atoms with Crippen LogP contribution in [0.25, 0.3) is 0 Å². The SMILES string of the molecule is CCN1CCN(C(=O)N(CCN2CCOCC2)S(=O)(=O)c2ccc(C)cc2)CC1. The molecule has 0 aliphatic carbocycles. The summed E-state index contributed by atoms with van der Waals surface area (Å²) in [5.74, 6) is 0. The molecule has 0 atom stereocenters. The van der Waals surface area contributed by atoms with E-state index in [-0.39, 0.29) is 11.4 Å². The highest BCUT2D eigenvalue weighted by molar-refractivity contribution is 7.89. The van der Waals surface area contributed by atoms with E-state index in [4.69, 9.17) is 4.74 Å². The Labute approximate surface area is 174 Å². The topological polar surface area (TPSA) is 73.4 Å². The Hall–Kier alpha value is -1.68. The second-order valence-electron chi connectivity index (χ2n) is 7.55. The zero-order valence-electron chi connectivity index (χ0n) is 17.4. The van der Waals surface area contributed by atoms with Crippen molar-refractivity contribution in [2.24, 2.45) is 0 Å². The van der Waals surface area contributed by atoms with Crippen LogP contribution in [0.15, 0.2) is 29.2 Å². The lowest BCUT2D eigenvalue weighted by Crippen LogP contribution is -2.55. The van der Waals surface area contributed by atoms with Gasteiger partial charge in [-0.05, 0) is 25.6 Å². The quantitative estimate of drug-likeness (QED) is 0.680. The number of amides is 2. The van der Waals surface area contributed by atoms with Crippen LogP contribution >= 0.6 is 0 Å². The highest BCUT2D eigenvalue weighted by Crippen LogP contribution is 2.19. The number of likely N-dealkylation sites (N-methyl/N-ethyl adjacent to an activating group) is 1. The highest BCUT2D eigenvalue weighted by Gasteiger charge is 2.34. The number of sulfonamides is 1. The van der Waals surface area contributed by atoms with Crippen LogP contribution in [0.4, 0.5) is 4.79 Å². The van der Waals surface area contributed by atoms with E-state index in [0.717, 1.165) is 42.6 Å². The summed E-state index contributed by atoms with van der Waals surface area (Å²) < 4.78 is 33.1. The fraction of sp³-hybridized carbons (Fsp3) is 0.650. The van der Waals surface area contributed by atoms with Crippen molar-refractivity contribution in [3.05, 3.63) is 29.8 Å². The zero-order valence-corrected chi connectivity index (χ0v) is 18.2. The van der Waals surface area contributed by atoms with Crippen LogP contribution in [0.3, 0.4) is 0 Å². The summed E-state index contributed by atoms with van der Waals surface area (Å²) >= 11 is 0. The number of aryl methyl sites for hydroxylation is 1. The van der Waals surface area contributed by atoms with Gasteiger partial charge in [-0.25, -0.2) is 17.5 Å². The molecule has 0 radical (unpaired) electrons. The summed E-state index contributed by atoms with van der Waals surface area (Å²) in [4.78, 5) is 19.5. The molecule has 1 aromatic carbocycles. The Morgan fingerprint density at radius 1 is 1.00 bits per heavy atom. The van der Waals surface area contributed by atoms with E-state index in [1.54, 1.807) is 29.2 Å². The smallest absolute Gasteiger partial charge is 0.334 e. The van der Waals surface area contributed by atoms with Gasteiger partial charge in [-0.2, -0.15) is 0 Å². The lowest BCUT2D eigenvalue weighted by molar-refractivity contribution is 0.0364. The van der Waals surface area contributed by atoms with Crippen molar-refractivity contribution in [1.82, 2.24) is 19.0 Å². The van der Waals surface area contributed by atoms with E-state index in [0.29, 0.717) is 32.8 Å². The van der Waals surface area contributed by atoms with Crippen molar-refractivity contribution in [3.8, 4) is 0 Å². The van der Waals surface area contributed by atoms with Crippen molar-refractivity contribution >= 4 is 16.1 Å². The largest absolute Gasteiger partial charge is 0.379 e. The molecule has 9 heteroatoms. The van der Waals surface area contributed by atoms with Crippen molar-refractivity contribution in [3.63, 3.8) is 0 Å². The molecule has 29 heavy (non-hydrogen) atoms. The van der Waals surface area contributed by atoms with Crippen LogP contribution in [-0.4, -0.2) is 106 Å². The molecule has 2 saturated heterocycles. The predicted octanol–water partition coefficient (Wildman–Crippen LogP) is 1.08. The number of carbonyl (C=O) groups excluding carboxylic acids is 1. The minimum atomic E-state index is -3.92. The first kappa shape index (κ1) is 22.0. The molecule has 0 saturated carbocycles. The van der Waals surface area contributed by atoms with Gasteiger partial charge in [0, 0.05) is 45.8 Å². The second-order valence-corrected chi connectivity index (χ2v) is 9.41. The zero-order chi connectivity index (χ0) is 20.9. The molecule has 2 amide bonds. The maximum atomic E-state index is 13.3. The minimum absolute atomic E-state index is 0.142. The summed E-state index contributed by atoms with van der Waals surface area (Å²) in [7, 11) is -3.92. The van der Waals surface area contributed by atoms with E-state index in [1.807, 2.05) is 6.92 Å². The number of hydrogen-bond acceptors (Lipinski definition) is 6. The number of morpholine rings is 1. The number of hydrogen-bond donors (Lipinski definition) is 0. The Morgan fingerprint density at radius 2 is 1.62 bits per heavy atom. The molecule has 1 aromatic rings. The van der Waals surface area contributed by atoms with Gasteiger partial charge in [0.05, 0.1) is 24.7 Å². The van der Waals surface area contributed by atoms with Gasteiger partial charge in [0.2, 0.25) is 0 Å². The number of benzene rings is 1. The summed E-state index contributed by atoms with van der Waals surface area (Å²) in [5, 5.41) is 0. The van der Waals surface area contributed by atoms with Gasteiger partial charge in [-0.15, -0.1) is 0 Å². The lowest BCUT2D eigenvalue weighted by Gasteiger charge is -2.37. The van der Waals surface area contributed by atoms with Crippen molar-refractivity contribution < 1.29 is 17.9 Å². The molecule has 2 fully saturated rings. The number of urea groups is 1. The van der Waals surface area contributed by atoms with E-state index in [2.05, 4.69) is 16.7 Å². The molecule has 0 N–H and O–H groups in total. The summed E-state index contributed by atoms with van der Waals surface area (Å²) in [6, 6.07) is 6.26. The van der Waals surface area contributed by atoms with Crippen LogP contribution in [0.2, 0.25) is 0 Å². The average molecular weight is 425 g/mol. The fourth-order valence-electron chi connectivity index (χ4n) is 3.63. The first-order valence-corrected chi connectivity index (χ1v) is 11.8. The van der Waals surface area contributed by atoms with Crippen molar-refractivity contribution in [2.75, 3.05) is 72.1 Å². The van der Waals surface area contributed by atoms with Gasteiger partial charge < -0.3 is 14.5 Å². The number of ether oxygens (including phenoxy) is 1. The summed E-state index contributed by atoms with van der Waals surface area (Å²) in [6.45, 7) is 11.0. The number of rotatable bonds is 6. The first-order valence-electron chi connectivity index (χ1n) is 10.3. The van der Waals surface area contributed by atoms with Crippen LogP contribution in [0.5, 0.6) is 0 Å². The molecule has 2 heterocycles. The Bertz CT molecular complexity index is 770. The van der Waals surface area contributed by atoms with E-state index < -0.39 is 16.1 Å². The fourth-order valence-corrected chi connectivity index (χ4v) is 5.00. The molecule has 0 aromatic heterocycles. The molecule has 3 rings (SSSR count). The van der Waals surface area contributed by atoms with Crippen LogP contribution in [0.1, 0.15) is 12.5 Å². The molecule has 2 aliphatic rings. The molecule has 8 nitrogen and oxygen atoms in total. The van der Waals surface area contributed by atoms with Gasteiger partial charge in [0.15, 0.2) is 0 Å².